The van der Waals surface area contributed by atoms with Crippen LogP contribution in [0.5, 0.6) is 0 Å². The van der Waals surface area contributed by atoms with Crippen LogP contribution >= 0.6 is 0 Å². The van der Waals surface area contributed by atoms with Crippen LogP contribution in [0.2, 0.25) is 0 Å². The quantitative estimate of drug-likeness (QED) is 0.758. The predicted molar refractivity (Wildman–Crippen MR) is 96.9 cm³/mol. The molecule has 0 radical (unpaired) electrons. The average Bonchev–Trinajstić information content (AvgIpc) is 3.40. The Balaban J connectivity index is 1.61. The minimum absolute atomic E-state index is 0.241. The average molecular weight is 353 g/mol. The molecule has 1 saturated carbocycles. The molecule has 134 valence electrons. The molecule has 1 fully saturated rings. The van der Waals surface area contributed by atoms with Crippen molar-refractivity contribution >= 4 is 11.8 Å². The molecule has 0 bridgehead atoms. The third-order valence-corrected chi connectivity index (χ3v) is 4.58. The molecule has 3 aromatic rings. The maximum absolute atomic E-state index is 13.9. The highest BCUT2D eigenvalue weighted by molar-refractivity contribution is 5.68. The molecule has 2 N–H and O–H groups in total. The van der Waals surface area contributed by atoms with Crippen molar-refractivity contribution in [3.63, 3.8) is 0 Å². The van der Waals surface area contributed by atoms with Crippen molar-refractivity contribution < 1.29 is 4.39 Å². The fourth-order valence-electron chi connectivity index (χ4n) is 2.96. The molecule has 2 aromatic heterocycles. The highest BCUT2D eigenvalue weighted by Gasteiger charge is 2.27. The molecule has 0 spiro atoms. The zero-order valence-electron chi connectivity index (χ0n) is 14.7. The molecule has 26 heavy (non-hydrogen) atoms. The van der Waals surface area contributed by atoms with E-state index in [0.29, 0.717) is 41.2 Å². The Hall–Kier alpha value is -3.03. The van der Waals surface area contributed by atoms with Gasteiger partial charge in [0.05, 0.1) is 5.56 Å². The predicted octanol–water partition coefficient (Wildman–Crippen LogP) is 2.51. The second-order valence-corrected chi connectivity index (χ2v) is 6.63. The number of rotatable bonds is 5. The fourth-order valence-corrected chi connectivity index (χ4v) is 2.96. The Kier molecular flexibility index (Phi) is 4.02. The van der Waals surface area contributed by atoms with Gasteiger partial charge < -0.3 is 10.6 Å². The zero-order valence-corrected chi connectivity index (χ0v) is 14.7. The lowest BCUT2D eigenvalue weighted by Gasteiger charge is -2.18. The van der Waals surface area contributed by atoms with Crippen LogP contribution < -0.4 is 10.6 Å². The first-order valence-electron chi connectivity index (χ1n) is 8.51. The fraction of sp³-hybridized carbons (Fsp3) is 0.333. The van der Waals surface area contributed by atoms with Gasteiger partial charge in [-0.05, 0) is 18.9 Å². The molecule has 1 aliphatic carbocycles. The number of benzene rings is 1. The van der Waals surface area contributed by atoms with Gasteiger partial charge in [-0.1, -0.05) is 18.2 Å². The molecule has 0 aliphatic heterocycles. The van der Waals surface area contributed by atoms with Crippen molar-refractivity contribution in [2.75, 3.05) is 17.7 Å². The SMILES string of the molecule is CN(Cc1ccccc1F)c1nnc(-c2cnc(C3CC3)nc2N)n1C. The number of nitrogen functional groups attached to an aromatic ring is 1. The molecule has 0 atom stereocenters. The van der Waals surface area contributed by atoms with Crippen molar-refractivity contribution in [1.82, 2.24) is 24.7 Å². The van der Waals surface area contributed by atoms with Crippen molar-refractivity contribution in [3.8, 4) is 11.4 Å². The molecule has 8 heteroatoms. The molecule has 0 saturated heterocycles. The van der Waals surface area contributed by atoms with E-state index < -0.39 is 0 Å². The molecule has 2 heterocycles. The van der Waals surface area contributed by atoms with E-state index in [1.165, 1.54) is 6.07 Å². The highest BCUT2D eigenvalue weighted by Crippen LogP contribution is 2.39. The van der Waals surface area contributed by atoms with Gasteiger partial charge in [0.2, 0.25) is 5.95 Å². The molecule has 1 aromatic carbocycles. The van der Waals surface area contributed by atoms with Crippen LogP contribution in [0.4, 0.5) is 16.2 Å². The first-order valence-corrected chi connectivity index (χ1v) is 8.51. The molecule has 7 nitrogen and oxygen atoms in total. The van der Waals surface area contributed by atoms with Gasteiger partial charge in [0.1, 0.15) is 17.5 Å². The lowest BCUT2D eigenvalue weighted by molar-refractivity contribution is 0.606. The van der Waals surface area contributed by atoms with Crippen molar-refractivity contribution in [2.45, 2.75) is 25.3 Å². The van der Waals surface area contributed by atoms with E-state index in [1.54, 1.807) is 18.3 Å². The molecule has 0 amide bonds. The third-order valence-electron chi connectivity index (χ3n) is 4.58. The van der Waals surface area contributed by atoms with Crippen molar-refractivity contribution in [2.24, 2.45) is 7.05 Å². The summed E-state index contributed by atoms with van der Waals surface area (Å²) in [6, 6.07) is 6.69. The van der Waals surface area contributed by atoms with Gasteiger partial charge in [-0.15, -0.1) is 10.2 Å². The van der Waals surface area contributed by atoms with Gasteiger partial charge in [-0.25, -0.2) is 14.4 Å². The Morgan fingerprint density at radius 1 is 1.27 bits per heavy atom. The Morgan fingerprint density at radius 2 is 2.04 bits per heavy atom. The highest BCUT2D eigenvalue weighted by atomic mass is 19.1. The largest absolute Gasteiger partial charge is 0.383 e. The summed E-state index contributed by atoms with van der Waals surface area (Å²) < 4.78 is 15.7. The summed E-state index contributed by atoms with van der Waals surface area (Å²) >= 11 is 0. The van der Waals surface area contributed by atoms with Crippen LogP contribution in [-0.2, 0) is 13.6 Å². The van der Waals surface area contributed by atoms with Crippen LogP contribution in [0.25, 0.3) is 11.4 Å². The topological polar surface area (TPSA) is 85.8 Å². The standard InChI is InChI=1S/C18H20FN7/c1-25(10-12-5-3-4-6-14(12)19)18-24-23-17(26(18)2)13-9-21-16(11-7-8-11)22-15(13)20/h3-6,9,11H,7-8,10H2,1-2H3,(H2,20,21,22). The number of halogens is 1. The van der Waals surface area contributed by atoms with Crippen LogP contribution in [0.1, 0.15) is 30.1 Å². The second-order valence-electron chi connectivity index (χ2n) is 6.63. The summed E-state index contributed by atoms with van der Waals surface area (Å²) in [5, 5.41) is 8.47. The lowest BCUT2D eigenvalue weighted by atomic mass is 10.2. The van der Waals surface area contributed by atoms with Crippen LogP contribution in [0, 0.1) is 5.82 Å². The van der Waals surface area contributed by atoms with E-state index in [2.05, 4.69) is 20.2 Å². The summed E-state index contributed by atoms with van der Waals surface area (Å²) in [5.74, 6) is 2.59. The number of anilines is 2. The molecule has 1 aliphatic rings. The summed E-state index contributed by atoms with van der Waals surface area (Å²) in [5.41, 5.74) is 7.36. The Bertz CT molecular complexity index is 948. The molecular weight excluding hydrogens is 333 g/mol. The van der Waals surface area contributed by atoms with E-state index in [9.17, 15) is 4.39 Å². The normalized spacial score (nSPS) is 13.8. The number of nitrogens with zero attached hydrogens (tertiary/aromatic N) is 6. The summed E-state index contributed by atoms with van der Waals surface area (Å²) in [6.07, 6.45) is 3.95. The second kappa shape index (κ2) is 6.36. The zero-order chi connectivity index (χ0) is 18.3. The number of hydrogen-bond donors (Lipinski definition) is 1. The van der Waals surface area contributed by atoms with E-state index in [4.69, 9.17) is 5.73 Å². The third kappa shape index (κ3) is 2.98. The number of hydrogen-bond acceptors (Lipinski definition) is 6. The van der Waals surface area contributed by atoms with Gasteiger partial charge in [0.15, 0.2) is 5.82 Å². The van der Waals surface area contributed by atoms with Gasteiger partial charge >= 0.3 is 0 Å². The van der Waals surface area contributed by atoms with E-state index in [1.807, 2.05) is 29.6 Å². The summed E-state index contributed by atoms with van der Waals surface area (Å²) in [7, 11) is 3.69. The van der Waals surface area contributed by atoms with E-state index in [0.717, 1.165) is 18.7 Å². The maximum atomic E-state index is 13.9. The lowest BCUT2D eigenvalue weighted by Crippen LogP contribution is -2.21. The van der Waals surface area contributed by atoms with Crippen molar-refractivity contribution in [1.29, 1.82) is 0 Å². The monoisotopic (exact) mass is 353 g/mol. The van der Waals surface area contributed by atoms with Gasteiger partial charge in [0, 0.05) is 38.3 Å². The number of aromatic nitrogens is 5. The van der Waals surface area contributed by atoms with Gasteiger partial charge in [-0.2, -0.15) is 0 Å². The van der Waals surface area contributed by atoms with Gasteiger partial charge in [-0.3, -0.25) is 4.57 Å². The number of nitrogens with two attached hydrogens (primary N) is 1. The first kappa shape index (κ1) is 16.4. The minimum atomic E-state index is -0.241. The Morgan fingerprint density at radius 3 is 2.73 bits per heavy atom. The van der Waals surface area contributed by atoms with Crippen LogP contribution in [-0.4, -0.2) is 31.8 Å². The summed E-state index contributed by atoms with van der Waals surface area (Å²) in [4.78, 5) is 10.7. The molecular formula is C18H20FN7. The first-order chi connectivity index (χ1) is 12.5. The minimum Gasteiger partial charge on any atom is -0.383 e. The smallest absolute Gasteiger partial charge is 0.227 e. The van der Waals surface area contributed by atoms with E-state index in [-0.39, 0.29) is 5.82 Å². The maximum Gasteiger partial charge on any atom is 0.227 e. The Labute approximate surface area is 150 Å². The molecule has 0 unspecified atom stereocenters. The van der Waals surface area contributed by atoms with Crippen molar-refractivity contribution in [3.05, 3.63) is 47.7 Å². The van der Waals surface area contributed by atoms with Crippen LogP contribution in [0.3, 0.4) is 0 Å². The van der Waals surface area contributed by atoms with E-state index >= 15 is 0 Å². The summed E-state index contributed by atoms with van der Waals surface area (Å²) in [6.45, 7) is 0.380. The van der Waals surface area contributed by atoms with Crippen LogP contribution in [0.15, 0.2) is 30.5 Å². The van der Waals surface area contributed by atoms with Gasteiger partial charge in [0.25, 0.3) is 0 Å². The molecule has 4 rings (SSSR count).